The van der Waals surface area contributed by atoms with Crippen LogP contribution in [0.2, 0.25) is 0 Å². The molecule has 4 heteroatoms. The Morgan fingerprint density at radius 1 is 1.17 bits per heavy atom. The van der Waals surface area contributed by atoms with E-state index in [4.69, 9.17) is 0 Å². The highest BCUT2D eigenvalue weighted by Crippen LogP contribution is 2.35. The highest BCUT2D eigenvalue weighted by Gasteiger charge is 2.35. The first-order chi connectivity index (χ1) is 11.3. The van der Waals surface area contributed by atoms with Crippen molar-refractivity contribution < 1.29 is 4.79 Å². The summed E-state index contributed by atoms with van der Waals surface area (Å²) in [5, 5.41) is 4.32. The van der Waals surface area contributed by atoms with Crippen molar-refractivity contribution in [3.8, 4) is 0 Å². The van der Waals surface area contributed by atoms with Crippen molar-refractivity contribution in [2.75, 3.05) is 6.54 Å². The van der Waals surface area contributed by atoms with Crippen LogP contribution in [0.4, 0.5) is 0 Å². The number of benzene rings is 1. The molecule has 23 heavy (non-hydrogen) atoms. The van der Waals surface area contributed by atoms with Crippen molar-refractivity contribution in [1.29, 1.82) is 0 Å². The van der Waals surface area contributed by atoms with Gasteiger partial charge in [0, 0.05) is 18.9 Å². The van der Waals surface area contributed by atoms with Gasteiger partial charge in [-0.05, 0) is 49.3 Å². The van der Waals surface area contributed by atoms with Gasteiger partial charge in [-0.2, -0.15) is 5.10 Å². The molecule has 1 aromatic heterocycles. The normalized spacial score (nSPS) is 23.7. The summed E-state index contributed by atoms with van der Waals surface area (Å²) in [4.78, 5) is 15.3. The number of likely N-dealkylation sites (tertiary alicyclic amines) is 1. The van der Waals surface area contributed by atoms with E-state index in [9.17, 15) is 4.79 Å². The summed E-state index contributed by atoms with van der Waals surface area (Å²) in [6, 6.07) is 10.7. The van der Waals surface area contributed by atoms with Crippen LogP contribution in [0.3, 0.4) is 0 Å². The summed E-state index contributed by atoms with van der Waals surface area (Å²) in [6.07, 6.45) is 9.20. The van der Waals surface area contributed by atoms with E-state index >= 15 is 0 Å². The molecule has 2 atom stereocenters. The summed E-state index contributed by atoms with van der Waals surface area (Å²) in [6.45, 7) is 1.70. The molecule has 1 fully saturated rings. The van der Waals surface area contributed by atoms with Gasteiger partial charge in [-0.25, -0.2) is 0 Å². The van der Waals surface area contributed by atoms with E-state index < -0.39 is 0 Å². The topological polar surface area (TPSA) is 38.1 Å². The molecule has 2 heterocycles. The van der Waals surface area contributed by atoms with E-state index in [2.05, 4.69) is 34.3 Å². The molecule has 1 saturated heterocycles. The fourth-order valence-electron chi connectivity index (χ4n) is 4.12. The van der Waals surface area contributed by atoms with Gasteiger partial charge in [0.15, 0.2) is 0 Å². The fourth-order valence-corrected chi connectivity index (χ4v) is 4.12. The highest BCUT2D eigenvalue weighted by atomic mass is 16.2. The Hall–Kier alpha value is -2.10. The number of amides is 1. The summed E-state index contributed by atoms with van der Waals surface area (Å²) in [7, 11) is 0. The van der Waals surface area contributed by atoms with Crippen LogP contribution >= 0.6 is 0 Å². The van der Waals surface area contributed by atoms with E-state index in [1.54, 1.807) is 0 Å². The third-order valence-corrected chi connectivity index (χ3v) is 5.30. The number of nitrogens with zero attached hydrogens (tertiary/aromatic N) is 3. The quantitative estimate of drug-likeness (QED) is 0.874. The fraction of sp³-hybridized carbons (Fsp3) is 0.474. The molecule has 1 amide bonds. The lowest BCUT2D eigenvalue weighted by Crippen LogP contribution is -2.47. The standard InChI is InChI=1S/C19H23N3O/c23-19(18-10-9-15-6-1-2-8-17(15)18)22-13-4-3-7-16(22)14-21-12-5-11-20-21/h1-2,5-6,8,11-12,16,18H,3-4,7,9-10,13-14H2/t16-,18-/m0/s1. The molecule has 1 aliphatic heterocycles. The third kappa shape index (κ3) is 2.78. The number of rotatable bonds is 3. The van der Waals surface area contributed by atoms with Crippen molar-refractivity contribution in [2.45, 2.75) is 50.6 Å². The Morgan fingerprint density at radius 3 is 2.96 bits per heavy atom. The molecule has 0 saturated carbocycles. The van der Waals surface area contributed by atoms with Crippen molar-refractivity contribution in [1.82, 2.24) is 14.7 Å². The van der Waals surface area contributed by atoms with Crippen molar-refractivity contribution in [2.24, 2.45) is 0 Å². The average Bonchev–Trinajstić information content (AvgIpc) is 3.24. The van der Waals surface area contributed by atoms with Gasteiger partial charge in [0.1, 0.15) is 0 Å². The van der Waals surface area contributed by atoms with Crippen LogP contribution < -0.4 is 0 Å². The molecule has 4 rings (SSSR count). The Kier molecular flexibility index (Phi) is 3.90. The molecular weight excluding hydrogens is 286 g/mol. The van der Waals surface area contributed by atoms with Gasteiger partial charge in [0.2, 0.25) is 5.91 Å². The molecule has 0 radical (unpaired) electrons. The maximum atomic E-state index is 13.2. The summed E-state index contributed by atoms with van der Waals surface area (Å²) >= 11 is 0. The zero-order chi connectivity index (χ0) is 15.6. The number of hydrogen-bond donors (Lipinski definition) is 0. The zero-order valence-electron chi connectivity index (χ0n) is 13.4. The van der Waals surface area contributed by atoms with Gasteiger partial charge in [-0.15, -0.1) is 0 Å². The minimum atomic E-state index is 0.0596. The predicted molar refractivity (Wildman–Crippen MR) is 89.1 cm³/mol. The monoisotopic (exact) mass is 309 g/mol. The average molecular weight is 309 g/mol. The van der Waals surface area contributed by atoms with Crippen LogP contribution in [0.25, 0.3) is 0 Å². The lowest BCUT2D eigenvalue weighted by Gasteiger charge is -2.37. The van der Waals surface area contributed by atoms with Crippen LogP contribution in [0.1, 0.15) is 42.7 Å². The SMILES string of the molecule is O=C([C@H]1CCc2ccccc21)N1CCCC[C@H]1Cn1cccn1. The van der Waals surface area contributed by atoms with Crippen molar-refractivity contribution in [3.63, 3.8) is 0 Å². The molecule has 2 aromatic rings. The Morgan fingerprint density at radius 2 is 2.09 bits per heavy atom. The molecule has 4 nitrogen and oxygen atoms in total. The van der Waals surface area contributed by atoms with Crippen LogP contribution in [-0.4, -0.2) is 33.2 Å². The first kappa shape index (κ1) is 14.5. The van der Waals surface area contributed by atoms with Crippen LogP contribution in [0.15, 0.2) is 42.7 Å². The van der Waals surface area contributed by atoms with Gasteiger partial charge in [0.25, 0.3) is 0 Å². The molecule has 0 spiro atoms. The zero-order valence-corrected chi connectivity index (χ0v) is 13.4. The van der Waals surface area contributed by atoms with E-state index in [-0.39, 0.29) is 12.0 Å². The first-order valence-electron chi connectivity index (χ1n) is 8.68. The lowest BCUT2D eigenvalue weighted by molar-refractivity contribution is -0.136. The van der Waals surface area contributed by atoms with Gasteiger partial charge < -0.3 is 4.90 Å². The lowest BCUT2D eigenvalue weighted by atomic mass is 9.95. The molecule has 120 valence electrons. The second-order valence-electron chi connectivity index (χ2n) is 6.70. The molecule has 2 aliphatic rings. The Bertz CT molecular complexity index is 680. The number of carbonyl (C=O) groups is 1. The van der Waals surface area contributed by atoms with Gasteiger partial charge >= 0.3 is 0 Å². The summed E-state index contributed by atoms with van der Waals surface area (Å²) in [5.74, 6) is 0.385. The predicted octanol–water partition coefficient (Wildman–Crippen LogP) is 2.99. The second-order valence-corrected chi connectivity index (χ2v) is 6.70. The van der Waals surface area contributed by atoms with Crippen molar-refractivity contribution in [3.05, 3.63) is 53.9 Å². The number of piperidine rings is 1. The maximum absolute atomic E-state index is 13.2. The molecule has 1 aliphatic carbocycles. The molecule has 0 bridgehead atoms. The second kappa shape index (κ2) is 6.19. The van der Waals surface area contributed by atoms with Gasteiger partial charge in [0.05, 0.1) is 18.5 Å². The highest BCUT2D eigenvalue weighted by molar-refractivity contribution is 5.85. The van der Waals surface area contributed by atoms with E-state index in [1.807, 2.05) is 23.1 Å². The van der Waals surface area contributed by atoms with Gasteiger partial charge in [-0.3, -0.25) is 9.48 Å². The number of aromatic nitrogens is 2. The van der Waals surface area contributed by atoms with E-state index in [0.29, 0.717) is 5.91 Å². The van der Waals surface area contributed by atoms with Crippen molar-refractivity contribution >= 4 is 5.91 Å². The van der Waals surface area contributed by atoms with Crippen LogP contribution in [-0.2, 0) is 17.8 Å². The Labute approximate surface area is 137 Å². The molecule has 1 aromatic carbocycles. The summed E-state index contributed by atoms with van der Waals surface area (Å²) < 4.78 is 1.96. The molecular formula is C19H23N3O. The number of fused-ring (bicyclic) bond motifs is 1. The minimum absolute atomic E-state index is 0.0596. The largest absolute Gasteiger partial charge is 0.337 e. The Balaban J connectivity index is 1.54. The first-order valence-corrected chi connectivity index (χ1v) is 8.68. The maximum Gasteiger partial charge on any atom is 0.230 e. The third-order valence-electron chi connectivity index (χ3n) is 5.30. The smallest absolute Gasteiger partial charge is 0.230 e. The van der Waals surface area contributed by atoms with Crippen LogP contribution in [0, 0.1) is 0 Å². The summed E-state index contributed by atoms with van der Waals surface area (Å²) in [5.41, 5.74) is 2.60. The number of aryl methyl sites for hydroxylation is 1. The minimum Gasteiger partial charge on any atom is -0.337 e. The number of hydrogen-bond acceptors (Lipinski definition) is 2. The van der Waals surface area contributed by atoms with Gasteiger partial charge in [-0.1, -0.05) is 24.3 Å². The van der Waals surface area contributed by atoms with Crippen LogP contribution in [0.5, 0.6) is 0 Å². The van der Waals surface area contributed by atoms with E-state index in [1.165, 1.54) is 17.5 Å². The molecule has 0 unspecified atom stereocenters. The molecule has 0 N–H and O–H groups in total. The van der Waals surface area contributed by atoms with E-state index in [0.717, 1.165) is 38.8 Å². The number of carbonyl (C=O) groups excluding carboxylic acids is 1.